The van der Waals surface area contributed by atoms with Crippen molar-refractivity contribution >= 4 is 17.6 Å². The Morgan fingerprint density at radius 3 is 2.33 bits per heavy atom. The summed E-state index contributed by atoms with van der Waals surface area (Å²) >= 11 is 0. The normalized spacial score (nSPS) is 21.5. The zero-order valence-electron chi connectivity index (χ0n) is 27.3. The van der Waals surface area contributed by atoms with Crippen molar-refractivity contribution in [3.63, 3.8) is 0 Å². The van der Waals surface area contributed by atoms with Crippen molar-refractivity contribution in [2.45, 2.75) is 38.2 Å². The maximum absolute atomic E-state index is 12.8. The second-order valence-electron chi connectivity index (χ2n) is 12.2. The van der Waals surface area contributed by atoms with Gasteiger partial charge in [0.05, 0.1) is 37.6 Å². The van der Waals surface area contributed by atoms with Gasteiger partial charge in [0, 0.05) is 56.2 Å². The Balaban J connectivity index is 0.909. The minimum atomic E-state index is -1.07. The van der Waals surface area contributed by atoms with Gasteiger partial charge >= 0.3 is 5.69 Å². The number of ether oxygens (including phenoxy) is 3. The van der Waals surface area contributed by atoms with Crippen LogP contribution < -0.4 is 20.2 Å². The molecule has 3 unspecified atom stereocenters. The lowest BCUT2D eigenvalue weighted by Crippen LogP contribution is -2.46. The summed E-state index contributed by atoms with van der Waals surface area (Å²) in [5.74, 6) is -0.298. The lowest BCUT2D eigenvalue weighted by molar-refractivity contribution is -0.193. The van der Waals surface area contributed by atoms with Crippen LogP contribution in [0.15, 0.2) is 95.5 Å². The molecule has 5 heterocycles. The minimum Gasteiger partial charge on any atom is -0.491 e. The van der Waals surface area contributed by atoms with Gasteiger partial charge < -0.3 is 24.0 Å². The lowest BCUT2D eigenvalue weighted by Gasteiger charge is -2.37. The summed E-state index contributed by atoms with van der Waals surface area (Å²) in [5, 5.41) is 10.6. The molecule has 2 aromatic carbocycles. The number of anilines is 2. The number of aromatic nitrogens is 5. The van der Waals surface area contributed by atoms with Crippen LogP contribution in [0.25, 0.3) is 5.69 Å². The van der Waals surface area contributed by atoms with Crippen LogP contribution in [0.5, 0.6) is 5.75 Å². The minimum absolute atomic E-state index is 0.0701. The van der Waals surface area contributed by atoms with Crippen LogP contribution in [0, 0.1) is 0 Å². The Morgan fingerprint density at radius 1 is 0.979 bits per heavy atom. The van der Waals surface area contributed by atoms with Gasteiger partial charge in [0.15, 0.2) is 0 Å². The molecular weight excluding hydrogens is 610 g/mol. The molecule has 250 valence electrons. The molecule has 48 heavy (non-hydrogen) atoms. The number of rotatable bonds is 11. The second-order valence-corrected chi connectivity index (χ2v) is 12.2. The van der Waals surface area contributed by atoms with Crippen molar-refractivity contribution in [2.24, 2.45) is 5.10 Å². The highest BCUT2D eigenvalue weighted by Gasteiger charge is 2.46. The van der Waals surface area contributed by atoms with Gasteiger partial charge in [-0.05, 0) is 68.0 Å². The summed E-state index contributed by atoms with van der Waals surface area (Å²) < 4.78 is 22.0. The molecule has 0 saturated carbocycles. The third kappa shape index (κ3) is 6.69. The van der Waals surface area contributed by atoms with E-state index in [0.29, 0.717) is 32.0 Å². The van der Waals surface area contributed by atoms with E-state index in [1.165, 1.54) is 0 Å². The van der Waals surface area contributed by atoms with Gasteiger partial charge in [-0.15, -0.1) is 0 Å². The van der Waals surface area contributed by atoms with Gasteiger partial charge in [-0.2, -0.15) is 10.2 Å². The molecule has 7 rings (SSSR count). The molecule has 3 aliphatic heterocycles. The molecule has 3 aliphatic rings. The average molecular weight is 652 g/mol. The maximum atomic E-state index is 12.8. The summed E-state index contributed by atoms with van der Waals surface area (Å²) in [4.78, 5) is 26.3. The molecule has 0 bridgehead atoms. The monoisotopic (exact) mass is 651 g/mol. The highest BCUT2D eigenvalue weighted by molar-refractivity contribution is 5.71. The van der Waals surface area contributed by atoms with Crippen LogP contribution >= 0.6 is 0 Å². The number of allylic oxidation sites excluding steroid dienone is 1. The van der Waals surface area contributed by atoms with E-state index in [1.54, 1.807) is 40.4 Å². The van der Waals surface area contributed by atoms with Crippen molar-refractivity contribution < 1.29 is 14.2 Å². The molecule has 13 heteroatoms. The van der Waals surface area contributed by atoms with Gasteiger partial charge in [0.1, 0.15) is 30.5 Å². The smallest absolute Gasteiger partial charge is 0.350 e. The first-order chi connectivity index (χ1) is 23.5. The van der Waals surface area contributed by atoms with Crippen LogP contribution in [0.2, 0.25) is 0 Å². The van der Waals surface area contributed by atoms with Gasteiger partial charge in [-0.3, -0.25) is 15.0 Å². The molecule has 13 nitrogen and oxygen atoms in total. The lowest BCUT2D eigenvalue weighted by atomic mass is 10.2. The first-order valence-corrected chi connectivity index (χ1v) is 16.5. The molecule has 2 aromatic heterocycles. The summed E-state index contributed by atoms with van der Waals surface area (Å²) in [7, 11) is 0. The van der Waals surface area contributed by atoms with Gasteiger partial charge in [0.2, 0.25) is 5.79 Å². The zero-order chi connectivity index (χ0) is 32.9. The SMILES string of the molecule is CCC(C)n1ncn(-c2ccc(N3CCN(c4ccc(OCC5COC(CN6CC=CC=N6)(c6cnccn6)O5)cc4)CC3)cc2)c1=O. The van der Waals surface area contributed by atoms with Crippen molar-refractivity contribution in [3.8, 4) is 11.4 Å². The van der Waals surface area contributed by atoms with Crippen LogP contribution in [0.1, 0.15) is 32.0 Å². The molecule has 2 fully saturated rings. The zero-order valence-corrected chi connectivity index (χ0v) is 27.3. The average Bonchev–Trinajstić information content (AvgIpc) is 3.75. The summed E-state index contributed by atoms with van der Waals surface area (Å²) in [6.45, 7) is 9.42. The van der Waals surface area contributed by atoms with Gasteiger partial charge in [-0.25, -0.2) is 14.0 Å². The Morgan fingerprint density at radius 2 is 1.69 bits per heavy atom. The molecule has 0 amide bonds. The van der Waals surface area contributed by atoms with Crippen LogP contribution in [0.3, 0.4) is 0 Å². The highest BCUT2D eigenvalue weighted by Crippen LogP contribution is 2.34. The maximum Gasteiger partial charge on any atom is 0.350 e. The standard InChI is InChI=1S/C35H41N9O4/c1-3-27(2)44-34(45)43(26-39-44)30-8-6-28(7-9-30)40-18-20-41(21-19-40)29-10-12-31(13-11-29)46-23-32-24-47-35(48-32,33-22-36-15-16-37-33)25-42-17-5-4-14-38-42/h4-16,22,26-27,32H,3,17-21,23-25H2,1-2H3. The number of nitrogens with zero attached hydrogens (tertiary/aromatic N) is 9. The van der Waals surface area contributed by atoms with E-state index in [4.69, 9.17) is 14.2 Å². The van der Waals surface area contributed by atoms with Crippen molar-refractivity contribution in [1.29, 1.82) is 0 Å². The first-order valence-electron chi connectivity index (χ1n) is 16.5. The molecular formula is C35H41N9O4. The topological polar surface area (TPSA) is 115 Å². The first kappa shape index (κ1) is 31.6. The quantitative estimate of drug-likeness (QED) is 0.238. The van der Waals surface area contributed by atoms with Crippen molar-refractivity contribution in [1.82, 2.24) is 29.3 Å². The number of hydrogen-bond donors (Lipinski definition) is 0. The van der Waals surface area contributed by atoms with E-state index in [2.05, 4.69) is 61.2 Å². The number of hydrazone groups is 1. The predicted molar refractivity (Wildman–Crippen MR) is 183 cm³/mol. The predicted octanol–water partition coefficient (Wildman–Crippen LogP) is 3.63. The fourth-order valence-corrected chi connectivity index (χ4v) is 6.17. The molecule has 2 saturated heterocycles. The van der Waals surface area contributed by atoms with Crippen LogP contribution in [-0.4, -0.2) is 94.1 Å². The molecule has 0 aliphatic carbocycles. The highest BCUT2D eigenvalue weighted by atomic mass is 16.8. The molecule has 3 atom stereocenters. The number of benzene rings is 2. The van der Waals surface area contributed by atoms with Crippen molar-refractivity contribution in [3.05, 3.63) is 102 Å². The van der Waals surface area contributed by atoms with Gasteiger partial charge in [0.25, 0.3) is 0 Å². The second kappa shape index (κ2) is 14.0. The van der Waals surface area contributed by atoms with Gasteiger partial charge in [-0.1, -0.05) is 13.0 Å². The summed E-state index contributed by atoms with van der Waals surface area (Å²) in [6.07, 6.45) is 12.8. The number of piperazine rings is 1. The Hall–Kier alpha value is -5.01. The van der Waals surface area contributed by atoms with E-state index in [0.717, 1.165) is 55.4 Å². The third-order valence-electron chi connectivity index (χ3n) is 9.08. The van der Waals surface area contributed by atoms with E-state index < -0.39 is 5.79 Å². The molecule has 0 N–H and O–H groups in total. The van der Waals surface area contributed by atoms with Crippen LogP contribution in [0.4, 0.5) is 11.4 Å². The molecule has 0 spiro atoms. The van der Waals surface area contributed by atoms with Crippen LogP contribution in [-0.2, 0) is 15.3 Å². The van der Waals surface area contributed by atoms with E-state index >= 15 is 0 Å². The van der Waals surface area contributed by atoms with E-state index in [-0.39, 0.29) is 17.8 Å². The van der Waals surface area contributed by atoms with E-state index in [1.807, 2.05) is 48.4 Å². The van der Waals surface area contributed by atoms with Crippen molar-refractivity contribution in [2.75, 3.05) is 62.3 Å². The number of hydrogen-bond acceptors (Lipinski definition) is 11. The largest absolute Gasteiger partial charge is 0.491 e. The Labute approximate surface area is 279 Å². The third-order valence-corrected chi connectivity index (χ3v) is 9.08. The fraction of sp³-hybridized carbons (Fsp3) is 0.400. The van der Waals surface area contributed by atoms with E-state index in [9.17, 15) is 4.79 Å². The summed E-state index contributed by atoms with van der Waals surface area (Å²) in [5.41, 5.74) is 3.63. The Kier molecular flexibility index (Phi) is 9.21. The molecule has 4 aromatic rings. The summed E-state index contributed by atoms with van der Waals surface area (Å²) in [6, 6.07) is 16.4. The fourth-order valence-electron chi connectivity index (χ4n) is 6.17. The Bertz CT molecular complexity index is 1770. The molecule has 0 radical (unpaired) electrons.